The number of ether oxygens (including phenoxy) is 1. The van der Waals surface area contributed by atoms with Crippen molar-refractivity contribution >= 4 is 22.9 Å². The number of likely N-dealkylation sites (tertiary alicyclic amines) is 1. The summed E-state index contributed by atoms with van der Waals surface area (Å²) in [5.41, 5.74) is 1.86. The predicted molar refractivity (Wildman–Crippen MR) is 121 cm³/mol. The normalized spacial score (nSPS) is 20.4. The van der Waals surface area contributed by atoms with Gasteiger partial charge in [-0.3, -0.25) is 9.69 Å². The van der Waals surface area contributed by atoms with Gasteiger partial charge in [-0.15, -0.1) is 0 Å². The number of aryl methyl sites for hydroxylation is 1. The first-order valence-electron chi connectivity index (χ1n) is 11.3. The number of benzene rings is 1. The van der Waals surface area contributed by atoms with E-state index < -0.39 is 5.60 Å². The molecule has 2 aliphatic rings. The minimum absolute atomic E-state index is 0.221. The van der Waals surface area contributed by atoms with Gasteiger partial charge in [0.25, 0.3) is 0 Å². The lowest BCUT2D eigenvalue weighted by Gasteiger charge is -2.38. The SMILES string of the molecule is CC(C)(C)OC(=O)N1CC[C@H](N2CCN(C(=O)CCc3c[nH]c4ccccc34)CC2)C1. The highest BCUT2D eigenvalue weighted by Gasteiger charge is 2.34. The summed E-state index contributed by atoms with van der Waals surface area (Å²) in [6, 6.07) is 8.58. The minimum atomic E-state index is -0.464. The Morgan fingerprint density at radius 3 is 2.55 bits per heavy atom. The highest BCUT2D eigenvalue weighted by Crippen LogP contribution is 2.22. The molecule has 0 radical (unpaired) electrons. The molecule has 1 aromatic carbocycles. The summed E-state index contributed by atoms with van der Waals surface area (Å²) >= 11 is 0. The second-order valence-corrected chi connectivity index (χ2v) is 9.65. The Bertz CT molecular complexity index is 924. The van der Waals surface area contributed by atoms with Gasteiger partial charge in [0.1, 0.15) is 5.60 Å². The van der Waals surface area contributed by atoms with Gasteiger partial charge in [0.15, 0.2) is 0 Å². The molecule has 1 N–H and O–H groups in total. The fraction of sp³-hybridized carbons (Fsp3) is 0.583. The van der Waals surface area contributed by atoms with E-state index in [1.807, 2.05) is 48.9 Å². The average Bonchev–Trinajstić information content (AvgIpc) is 3.39. The van der Waals surface area contributed by atoms with E-state index in [1.165, 1.54) is 10.9 Å². The van der Waals surface area contributed by atoms with Crippen molar-refractivity contribution in [3.8, 4) is 0 Å². The van der Waals surface area contributed by atoms with Gasteiger partial charge in [-0.2, -0.15) is 0 Å². The molecule has 168 valence electrons. The quantitative estimate of drug-likeness (QED) is 0.815. The number of amides is 2. The molecule has 0 unspecified atom stereocenters. The van der Waals surface area contributed by atoms with Crippen LogP contribution in [0.5, 0.6) is 0 Å². The predicted octanol–water partition coefficient (Wildman–Crippen LogP) is 3.25. The van der Waals surface area contributed by atoms with Crippen LogP contribution in [0.25, 0.3) is 10.9 Å². The van der Waals surface area contributed by atoms with Crippen molar-refractivity contribution in [1.29, 1.82) is 0 Å². The zero-order valence-corrected chi connectivity index (χ0v) is 18.9. The van der Waals surface area contributed by atoms with Crippen LogP contribution in [0.3, 0.4) is 0 Å². The second kappa shape index (κ2) is 8.91. The van der Waals surface area contributed by atoms with E-state index in [0.717, 1.165) is 51.1 Å². The van der Waals surface area contributed by atoms with Crippen LogP contribution in [0.4, 0.5) is 4.79 Å². The molecule has 0 bridgehead atoms. The Morgan fingerprint density at radius 1 is 1.06 bits per heavy atom. The number of nitrogens with zero attached hydrogens (tertiary/aromatic N) is 3. The number of H-pyrrole nitrogens is 1. The number of para-hydroxylation sites is 1. The number of hydrogen-bond acceptors (Lipinski definition) is 4. The highest BCUT2D eigenvalue weighted by atomic mass is 16.6. The summed E-state index contributed by atoms with van der Waals surface area (Å²) in [4.78, 5) is 34.6. The topological polar surface area (TPSA) is 68.9 Å². The van der Waals surface area contributed by atoms with Gasteiger partial charge in [-0.25, -0.2) is 4.79 Å². The molecule has 2 saturated heterocycles. The third-order valence-electron chi connectivity index (χ3n) is 6.28. The molecule has 1 aromatic heterocycles. The van der Waals surface area contributed by atoms with E-state index in [9.17, 15) is 9.59 Å². The molecular formula is C24H34N4O3. The summed E-state index contributed by atoms with van der Waals surface area (Å²) in [5.74, 6) is 0.228. The lowest BCUT2D eigenvalue weighted by Crippen LogP contribution is -2.52. The molecule has 7 heteroatoms. The van der Waals surface area contributed by atoms with Crippen molar-refractivity contribution in [2.75, 3.05) is 39.3 Å². The lowest BCUT2D eigenvalue weighted by molar-refractivity contribution is -0.133. The van der Waals surface area contributed by atoms with Gasteiger partial charge in [0, 0.05) is 68.8 Å². The summed E-state index contributed by atoms with van der Waals surface area (Å²) < 4.78 is 5.50. The van der Waals surface area contributed by atoms with Crippen LogP contribution in [0.1, 0.15) is 39.2 Å². The standard InChI is InChI=1S/C24H34N4O3/c1-24(2,3)31-23(30)28-11-10-19(17-28)26-12-14-27(15-13-26)22(29)9-8-18-16-25-21-7-5-4-6-20(18)21/h4-7,16,19,25H,8-15,17H2,1-3H3/t19-/m0/s1. The Morgan fingerprint density at radius 2 is 1.81 bits per heavy atom. The largest absolute Gasteiger partial charge is 0.444 e. The van der Waals surface area contributed by atoms with E-state index in [-0.39, 0.29) is 12.0 Å². The Hall–Kier alpha value is -2.54. The van der Waals surface area contributed by atoms with Crippen LogP contribution in [-0.2, 0) is 16.0 Å². The number of rotatable bonds is 4. The van der Waals surface area contributed by atoms with Crippen molar-refractivity contribution in [1.82, 2.24) is 19.7 Å². The second-order valence-electron chi connectivity index (χ2n) is 9.65. The number of carbonyl (C=O) groups excluding carboxylic acids is 2. The molecule has 31 heavy (non-hydrogen) atoms. The average molecular weight is 427 g/mol. The van der Waals surface area contributed by atoms with Gasteiger partial charge in [0.05, 0.1) is 0 Å². The first-order chi connectivity index (χ1) is 14.8. The van der Waals surface area contributed by atoms with Gasteiger partial charge < -0.3 is 19.5 Å². The molecule has 0 spiro atoms. The maximum absolute atomic E-state index is 12.8. The van der Waals surface area contributed by atoms with Gasteiger partial charge >= 0.3 is 6.09 Å². The maximum atomic E-state index is 12.8. The first-order valence-corrected chi connectivity index (χ1v) is 11.3. The Balaban J connectivity index is 1.22. The van der Waals surface area contributed by atoms with Crippen molar-refractivity contribution in [3.05, 3.63) is 36.0 Å². The zero-order chi connectivity index (χ0) is 22.0. The molecule has 1 atom stereocenters. The number of aromatic nitrogens is 1. The van der Waals surface area contributed by atoms with Crippen LogP contribution < -0.4 is 0 Å². The van der Waals surface area contributed by atoms with Gasteiger partial charge in [0.2, 0.25) is 5.91 Å². The number of hydrogen-bond donors (Lipinski definition) is 1. The molecule has 0 saturated carbocycles. The molecule has 2 fully saturated rings. The van der Waals surface area contributed by atoms with E-state index >= 15 is 0 Å². The van der Waals surface area contributed by atoms with E-state index in [1.54, 1.807) is 0 Å². The maximum Gasteiger partial charge on any atom is 0.410 e. The summed E-state index contributed by atoms with van der Waals surface area (Å²) in [7, 11) is 0. The number of carbonyl (C=O) groups is 2. The van der Waals surface area contributed by atoms with E-state index in [4.69, 9.17) is 4.74 Å². The molecular weight excluding hydrogens is 392 g/mol. The fourth-order valence-corrected chi connectivity index (χ4v) is 4.61. The summed E-state index contributed by atoms with van der Waals surface area (Å²) in [6.07, 6.45) is 4.06. The lowest BCUT2D eigenvalue weighted by atomic mass is 10.1. The minimum Gasteiger partial charge on any atom is -0.444 e. The smallest absolute Gasteiger partial charge is 0.410 e. The molecule has 3 heterocycles. The monoisotopic (exact) mass is 426 g/mol. The first kappa shape index (κ1) is 21.7. The number of fused-ring (bicyclic) bond motifs is 1. The van der Waals surface area contributed by atoms with Gasteiger partial charge in [-0.1, -0.05) is 18.2 Å². The molecule has 0 aliphatic carbocycles. The third kappa shape index (κ3) is 5.21. The molecule has 2 amide bonds. The van der Waals surface area contributed by atoms with Crippen molar-refractivity contribution in [2.24, 2.45) is 0 Å². The third-order valence-corrected chi connectivity index (χ3v) is 6.28. The summed E-state index contributed by atoms with van der Waals surface area (Å²) in [6.45, 7) is 10.4. The van der Waals surface area contributed by atoms with Gasteiger partial charge in [-0.05, 0) is 45.2 Å². The Labute approximate surface area is 184 Å². The zero-order valence-electron chi connectivity index (χ0n) is 18.9. The molecule has 2 aromatic rings. The van der Waals surface area contributed by atoms with Crippen molar-refractivity contribution < 1.29 is 14.3 Å². The van der Waals surface area contributed by atoms with Crippen LogP contribution in [0, 0.1) is 0 Å². The van der Waals surface area contributed by atoms with E-state index in [2.05, 4.69) is 22.0 Å². The molecule has 2 aliphatic heterocycles. The van der Waals surface area contributed by atoms with Crippen molar-refractivity contribution in [2.45, 2.75) is 51.7 Å². The van der Waals surface area contributed by atoms with E-state index in [0.29, 0.717) is 19.0 Å². The van der Waals surface area contributed by atoms with Crippen LogP contribution in [0.2, 0.25) is 0 Å². The Kier molecular flexibility index (Phi) is 6.23. The summed E-state index contributed by atoms with van der Waals surface area (Å²) in [5, 5.41) is 1.20. The van der Waals surface area contributed by atoms with Crippen molar-refractivity contribution in [3.63, 3.8) is 0 Å². The molecule has 4 rings (SSSR count). The number of aromatic amines is 1. The highest BCUT2D eigenvalue weighted by molar-refractivity contribution is 5.84. The fourth-order valence-electron chi connectivity index (χ4n) is 4.61. The van der Waals surface area contributed by atoms with Crippen LogP contribution in [-0.4, -0.2) is 82.6 Å². The number of nitrogens with one attached hydrogen (secondary N) is 1. The molecule has 7 nitrogen and oxygen atoms in total. The van der Waals surface area contributed by atoms with Crippen LogP contribution in [0.15, 0.2) is 30.5 Å². The number of piperazine rings is 1. The van der Waals surface area contributed by atoms with Crippen LogP contribution >= 0.6 is 0 Å².